The first-order valence-electron chi connectivity index (χ1n) is 15.4. The van der Waals surface area contributed by atoms with Crippen molar-refractivity contribution in [3.05, 3.63) is 143 Å². The molecule has 2 aliphatic carbocycles. The minimum atomic E-state index is -2.86. The zero-order chi connectivity index (χ0) is 29.8. The predicted molar refractivity (Wildman–Crippen MR) is 187 cm³/mol. The zero-order valence-corrected chi connectivity index (χ0v) is 32.1. The average Bonchev–Trinajstić information content (AvgIpc) is 3.57. The second kappa shape index (κ2) is 11.2. The van der Waals surface area contributed by atoms with Gasteiger partial charge < -0.3 is 0 Å². The Labute approximate surface area is 263 Å². The molecule has 6 rings (SSSR count). The first-order chi connectivity index (χ1) is 19.9. The monoisotopic (exact) mass is 748 g/mol. The molecule has 0 aromatic heterocycles. The number of fused-ring (bicyclic) bond motifs is 3. The SMILES string of the molecule is Cc1ccc2c(c1)[CH]([Hf](=[C](c1ccc([Si](C)(C)C)cc1)c1ccc([Si](C)(C)C)cc1)[CH]1C=CC=C1)c1cc(C)ccc1-2. The van der Waals surface area contributed by atoms with E-state index in [-0.39, 0.29) is 0 Å². The fraction of sp³-hybridized carbons (Fsp3) is 0.256. The molecule has 0 heterocycles. The van der Waals surface area contributed by atoms with E-state index in [0.717, 1.165) is 0 Å². The third-order valence-corrected chi connectivity index (χ3v) is 25.8. The molecule has 0 N–H and O–H groups in total. The third kappa shape index (κ3) is 5.61. The van der Waals surface area contributed by atoms with Crippen molar-refractivity contribution in [3.63, 3.8) is 0 Å². The Kier molecular flexibility index (Phi) is 7.91. The molecule has 0 unspecified atom stereocenters. The number of rotatable bonds is 6. The van der Waals surface area contributed by atoms with Gasteiger partial charge in [-0.15, -0.1) is 0 Å². The van der Waals surface area contributed by atoms with Crippen molar-refractivity contribution >= 4 is 29.8 Å². The summed E-state index contributed by atoms with van der Waals surface area (Å²) in [4.78, 5) is 0. The summed E-state index contributed by atoms with van der Waals surface area (Å²) in [7, 11) is -2.79. The zero-order valence-electron chi connectivity index (χ0n) is 26.5. The van der Waals surface area contributed by atoms with E-state index in [2.05, 4.69) is 162 Å². The van der Waals surface area contributed by atoms with E-state index in [9.17, 15) is 0 Å². The van der Waals surface area contributed by atoms with Crippen LogP contribution in [0.4, 0.5) is 0 Å². The van der Waals surface area contributed by atoms with Crippen molar-refractivity contribution in [2.24, 2.45) is 0 Å². The van der Waals surface area contributed by atoms with Crippen LogP contribution in [0.5, 0.6) is 0 Å². The van der Waals surface area contributed by atoms with Crippen LogP contribution in [0.15, 0.2) is 109 Å². The Balaban J connectivity index is 1.69. The summed E-state index contributed by atoms with van der Waals surface area (Å²) in [6.07, 6.45) is 9.66. The summed E-state index contributed by atoms with van der Waals surface area (Å²) in [6, 6.07) is 34.2. The van der Waals surface area contributed by atoms with Crippen molar-refractivity contribution in [2.45, 2.75) is 60.5 Å². The van der Waals surface area contributed by atoms with Gasteiger partial charge in [0, 0.05) is 0 Å². The van der Waals surface area contributed by atoms with Gasteiger partial charge in [0.05, 0.1) is 0 Å². The number of hydrogen-bond acceptors (Lipinski definition) is 0. The van der Waals surface area contributed by atoms with Gasteiger partial charge in [-0.25, -0.2) is 0 Å². The van der Waals surface area contributed by atoms with Crippen LogP contribution in [0.2, 0.25) is 43.0 Å². The summed E-state index contributed by atoms with van der Waals surface area (Å²) in [5.74, 6) is 0. The van der Waals surface area contributed by atoms with Crippen LogP contribution in [0.3, 0.4) is 0 Å². The van der Waals surface area contributed by atoms with Crippen molar-refractivity contribution in [3.8, 4) is 11.1 Å². The summed E-state index contributed by atoms with van der Waals surface area (Å²) in [5, 5.41) is 3.07. The molecule has 0 spiro atoms. The van der Waals surface area contributed by atoms with Gasteiger partial charge >= 0.3 is 265 Å². The standard InChI is InChI=1S/C19H26Si2.C15H13.C5H5.Hf/c1-20(2,3)18-11-7-16(8-12-18)15-17-9-13-19(14-10-17)21(4,5)6;1-10-3-5-14-12(7-10)9-13-8-11(2)4-6-15(13)14;1-2-4-5-3-1;/h7-14H,1-6H3;3-9H,1-2H3;1-5H;. The van der Waals surface area contributed by atoms with Crippen molar-refractivity contribution in [1.29, 1.82) is 0 Å². The van der Waals surface area contributed by atoms with E-state index < -0.39 is 37.1 Å². The van der Waals surface area contributed by atoms with E-state index in [0.29, 0.717) is 7.35 Å². The first-order valence-corrected chi connectivity index (χ1v) is 28.4. The molecule has 2 aliphatic rings. The van der Waals surface area contributed by atoms with Crippen LogP contribution in [-0.4, -0.2) is 19.4 Å². The second-order valence-corrected chi connectivity index (χ2v) is 34.1. The fourth-order valence-electron chi connectivity index (χ4n) is 6.75. The van der Waals surface area contributed by atoms with Crippen LogP contribution in [0, 0.1) is 13.8 Å². The molecule has 4 aromatic carbocycles. The summed E-state index contributed by atoms with van der Waals surface area (Å²) < 4.78 is 2.70. The van der Waals surface area contributed by atoms with Crippen LogP contribution in [0.1, 0.15) is 37.1 Å². The number of benzene rings is 4. The van der Waals surface area contributed by atoms with Crippen molar-refractivity contribution < 1.29 is 21.0 Å². The van der Waals surface area contributed by atoms with Crippen LogP contribution < -0.4 is 10.4 Å². The van der Waals surface area contributed by atoms with Crippen molar-refractivity contribution in [1.82, 2.24) is 0 Å². The Bertz CT molecular complexity index is 1620. The van der Waals surface area contributed by atoms with Gasteiger partial charge in [-0.1, -0.05) is 0 Å². The van der Waals surface area contributed by atoms with Crippen LogP contribution in [-0.2, 0) is 21.0 Å². The molecule has 0 fully saturated rings. The topological polar surface area (TPSA) is 0 Å². The molecule has 0 nitrogen and oxygen atoms in total. The Hall–Kier alpha value is -2.47. The first kappa shape index (κ1) is 29.6. The van der Waals surface area contributed by atoms with E-state index in [1.807, 2.05) is 0 Å². The summed E-state index contributed by atoms with van der Waals surface area (Å²) in [5.41, 5.74) is 11.7. The maximum atomic E-state index is 2.53. The predicted octanol–water partition coefficient (Wildman–Crippen LogP) is 9.27. The van der Waals surface area contributed by atoms with Gasteiger partial charge in [-0.3, -0.25) is 0 Å². The quantitative estimate of drug-likeness (QED) is 0.173. The van der Waals surface area contributed by atoms with E-state index in [1.165, 1.54) is 43.8 Å². The van der Waals surface area contributed by atoms with Crippen LogP contribution >= 0.6 is 0 Å². The number of aryl methyl sites for hydroxylation is 2. The molecule has 4 aromatic rings. The summed E-state index contributed by atoms with van der Waals surface area (Å²) >= 11 is -2.86. The molecular formula is C39H44HfSi2. The second-order valence-electron chi connectivity index (χ2n) is 14.4. The van der Waals surface area contributed by atoms with E-state index in [4.69, 9.17) is 0 Å². The fourth-order valence-corrected chi connectivity index (χ4v) is 22.7. The summed E-state index contributed by atoms with van der Waals surface area (Å²) in [6.45, 7) is 19.3. The molecule has 0 saturated carbocycles. The van der Waals surface area contributed by atoms with E-state index in [1.54, 1.807) is 14.4 Å². The normalized spacial score (nSPS) is 14.8. The van der Waals surface area contributed by atoms with Gasteiger partial charge in [0.2, 0.25) is 0 Å². The number of allylic oxidation sites excluding steroid dienone is 4. The van der Waals surface area contributed by atoms with Gasteiger partial charge in [-0.05, 0) is 0 Å². The van der Waals surface area contributed by atoms with Gasteiger partial charge in [0.15, 0.2) is 0 Å². The molecule has 42 heavy (non-hydrogen) atoms. The molecule has 0 saturated heterocycles. The molecule has 3 heteroatoms. The average molecular weight is 747 g/mol. The molecule has 0 aliphatic heterocycles. The van der Waals surface area contributed by atoms with Gasteiger partial charge in [0.25, 0.3) is 0 Å². The van der Waals surface area contributed by atoms with Gasteiger partial charge in [0.1, 0.15) is 0 Å². The van der Waals surface area contributed by atoms with Crippen LogP contribution in [0.25, 0.3) is 11.1 Å². The third-order valence-electron chi connectivity index (χ3n) is 9.11. The molecule has 0 amide bonds. The maximum absolute atomic E-state index is 2.86. The number of hydrogen-bond donors (Lipinski definition) is 0. The van der Waals surface area contributed by atoms with Crippen molar-refractivity contribution in [2.75, 3.05) is 0 Å². The molecule has 212 valence electrons. The van der Waals surface area contributed by atoms with Gasteiger partial charge in [-0.2, -0.15) is 0 Å². The van der Waals surface area contributed by atoms with E-state index >= 15 is 0 Å². The molecule has 0 radical (unpaired) electrons. The minimum absolute atomic E-state index is 0.487. The molecular weight excluding hydrogens is 703 g/mol. The Morgan fingerprint density at radius 2 is 0.952 bits per heavy atom. The molecule has 0 atom stereocenters. The Morgan fingerprint density at radius 1 is 0.548 bits per heavy atom. The Morgan fingerprint density at radius 3 is 1.33 bits per heavy atom. The molecule has 0 bridgehead atoms.